The Kier molecular flexibility index (Phi) is 2.02. The van der Waals surface area contributed by atoms with E-state index in [1.54, 1.807) is 18.5 Å². The van der Waals surface area contributed by atoms with Crippen LogP contribution in [0.2, 0.25) is 0 Å². The van der Waals surface area contributed by atoms with Gasteiger partial charge in [0.2, 0.25) is 0 Å². The Bertz CT molecular complexity index is 596. The standard InChI is InChI=1S/C13H14N2O2/c1-13(5-6-13)7-15-8-14-11-9(12(16)17)3-2-4-10(11)15/h2-4,8H,5-7H2,1H3,(H,16,17). The Morgan fingerprint density at radius 2 is 2.29 bits per heavy atom. The Hall–Kier alpha value is -1.84. The molecule has 3 rings (SSSR count). The van der Waals surface area contributed by atoms with E-state index < -0.39 is 5.97 Å². The zero-order valence-corrected chi connectivity index (χ0v) is 9.68. The minimum atomic E-state index is -0.918. The maximum Gasteiger partial charge on any atom is 0.337 e. The summed E-state index contributed by atoms with van der Waals surface area (Å²) in [6, 6.07) is 5.31. The van der Waals surface area contributed by atoms with E-state index >= 15 is 0 Å². The number of benzene rings is 1. The van der Waals surface area contributed by atoms with E-state index in [4.69, 9.17) is 5.11 Å². The Labute approximate surface area is 98.9 Å². The van der Waals surface area contributed by atoms with E-state index in [0.717, 1.165) is 12.1 Å². The van der Waals surface area contributed by atoms with Crippen molar-refractivity contribution in [1.29, 1.82) is 0 Å². The van der Waals surface area contributed by atoms with Crippen LogP contribution in [-0.2, 0) is 6.54 Å². The van der Waals surface area contributed by atoms with E-state index in [1.807, 2.05) is 6.07 Å². The van der Waals surface area contributed by atoms with E-state index in [9.17, 15) is 4.79 Å². The average Bonchev–Trinajstić information content (AvgIpc) is 2.87. The van der Waals surface area contributed by atoms with Crippen LogP contribution in [0, 0.1) is 5.41 Å². The van der Waals surface area contributed by atoms with Crippen molar-refractivity contribution in [3.05, 3.63) is 30.1 Å². The third kappa shape index (κ3) is 1.69. The fourth-order valence-electron chi connectivity index (χ4n) is 2.17. The van der Waals surface area contributed by atoms with Crippen LogP contribution in [0.25, 0.3) is 11.0 Å². The van der Waals surface area contributed by atoms with E-state index in [2.05, 4.69) is 16.5 Å². The summed E-state index contributed by atoms with van der Waals surface area (Å²) in [5, 5.41) is 9.09. The van der Waals surface area contributed by atoms with Crippen LogP contribution in [0.3, 0.4) is 0 Å². The van der Waals surface area contributed by atoms with Gasteiger partial charge >= 0.3 is 5.97 Å². The summed E-state index contributed by atoms with van der Waals surface area (Å²) in [5.41, 5.74) is 2.16. The topological polar surface area (TPSA) is 55.1 Å². The van der Waals surface area contributed by atoms with Crippen LogP contribution in [0.1, 0.15) is 30.1 Å². The summed E-state index contributed by atoms with van der Waals surface area (Å²) in [6.45, 7) is 3.17. The van der Waals surface area contributed by atoms with Gasteiger partial charge in [-0.05, 0) is 30.4 Å². The number of hydrogen-bond acceptors (Lipinski definition) is 2. The molecule has 4 nitrogen and oxygen atoms in total. The molecule has 88 valence electrons. The van der Waals surface area contributed by atoms with Crippen LogP contribution >= 0.6 is 0 Å². The van der Waals surface area contributed by atoms with Gasteiger partial charge in [0, 0.05) is 6.54 Å². The van der Waals surface area contributed by atoms with Crippen molar-refractivity contribution in [3.8, 4) is 0 Å². The highest BCUT2D eigenvalue weighted by molar-refractivity contribution is 6.00. The molecule has 1 fully saturated rings. The summed E-state index contributed by atoms with van der Waals surface area (Å²) in [7, 11) is 0. The number of carbonyl (C=O) groups is 1. The van der Waals surface area contributed by atoms with Crippen LogP contribution < -0.4 is 0 Å². The summed E-state index contributed by atoms with van der Waals surface area (Å²) >= 11 is 0. The molecule has 1 aliphatic rings. The smallest absolute Gasteiger partial charge is 0.337 e. The van der Waals surface area contributed by atoms with E-state index in [1.165, 1.54) is 12.8 Å². The fourth-order valence-corrected chi connectivity index (χ4v) is 2.17. The van der Waals surface area contributed by atoms with Crippen molar-refractivity contribution >= 4 is 17.0 Å². The van der Waals surface area contributed by atoms with Gasteiger partial charge in [0.15, 0.2) is 0 Å². The molecule has 0 amide bonds. The molecule has 1 aromatic carbocycles. The van der Waals surface area contributed by atoms with E-state index in [-0.39, 0.29) is 5.56 Å². The number of nitrogens with zero attached hydrogens (tertiary/aromatic N) is 2. The number of rotatable bonds is 3. The second kappa shape index (κ2) is 3.32. The zero-order valence-electron chi connectivity index (χ0n) is 9.68. The summed E-state index contributed by atoms with van der Waals surface area (Å²) < 4.78 is 2.06. The quantitative estimate of drug-likeness (QED) is 0.881. The van der Waals surface area contributed by atoms with Gasteiger partial charge in [0.25, 0.3) is 0 Å². The monoisotopic (exact) mass is 230 g/mol. The molecule has 0 unspecified atom stereocenters. The van der Waals surface area contributed by atoms with Crippen molar-refractivity contribution in [3.63, 3.8) is 0 Å². The number of hydrogen-bond donors (Lipinski definition) is 1. The molecular formula is C13H14N2O2. The Morgan fingerprint density at radius 1 is 1.53 bits per heavy atom. The highest BCUT2D eigenvalue weighted by Crippen LogP contribution is 2.46. The third-order valence-electron chi connectivity index (χ3n) is 3.54. The number of para-hydroxylation sites is 1. The second-order valence-electron chi connectivity index (χ2n) is 5.16. The summed E-state index contributed by atoms with van der Waals surface area (Å²) in [5.74, 6) is -0.918. The van der Waals surface area contributed by atoms with Gasteiger partial charge in [-0.3, -0.25) is 0 Å². The van der Waals surface area contributed by atoms with Crippen LogP contribution in [0.15, 0.2) is 24.5 Å². The van der Waals surface area contributed by atoms with Crippen molar-refractivity contribution in [1.82, 2.24) is 9.55 Å². The molecule has 0 spiro atoms. The lowest BCUT2D eigenvalue weighted by Crippen LogP contribution is -2.06. The Morgan fingerprint density at radius 3 is 2.94 bits per heavy atom. The minimum Gasteiger partial charge on any atom is -0.478 e. The molecule has 1 aliphatic carbocycles. The largest absolute Gasteiger partial charge is 0.478 e. The molecule has 1 N–H and O–H groups in total. The lowest BCUT2D eigenvalue weighted by Gasteiger charge is -2.10. The molecule has 0 radical (unpaired) electrons. The Balaban J connectivity index is 2.09. The van der Waals surface area contributed by atoms with E-state index in [0.29, 0.717) is 10.9 Å². The van der Waals surface area contributed by atoms with Gasteiger partial charge in [0.1, 0.15) is 5.52 Å². The number of aromatic nitrogens is 2. The lowest BCUT2D eigenvalue weighted by atomic mass is 10.1. The van der Waals surface area contributed by atoms with Crippen molar-refractivity contribution in [2.45, 2.75) is 26.3 Å². The molecule has 1 aromatic heterocycles. The molecule has 2 aromatic rings. The first-order chi connectivity index (χ1) is 8.09. The highest BCUT2D eigenvalue weighted by atomic mass is 16.4. The zero-order chi connectivity index (χ0) is 12.0. The lowest BCUT2D eigenvalue weighted by molar-refractivity contribution is 0.0699. The fraction of sp³-hybridized carbons (Fsp3) is 0.385. The predicted octanol–water partition coefficient (Wildman–Crippen LogP) is 2.53. The highest BCUT2D eigenvalue weighted by Gasteiger charge is 2.37. The first kappa shape index (κ1) is 10.3. The molecule has 1 saturated carbocycles. The first-order valence-corrected chi connectivity index (χ1v) is 5.76. The number of imidazole rings is 1. The number of aromatic carboxylic acids is 1. The SMILES string of the molecule is CC1(Cn2cnc3c(C(=O)O)cccc32)CC1. The molecule has 0 aliphatic heterocycles. The van der Waals surface area contributed by atoms with Crippen molar-refractivity contribution < 1.29 is 9.90 Å². The molecular weight excluding hydrogens is 216 g/mol. The molecule has 0 atom stereocenters. The van der Waals surface area contributed by atoms with Gasteiger partial charge < -0.3 is 9.67 Å². The van der Waals surface area contributed by atoms with Crippen LogP contribution in [0.5, 0.6) is 0 Å². The predicted molar refractivity (Wildman–Crippen MR) is 64.0 cm³/mol. The van der Waals surface area contributed by atoms with Crippen LogP contribution in [0.4, 0.5) is 0 Å². The van der Waals surface area contributed by atoms with Crippen molar-refractivity contribution in [2.75, 3.05) is 0 Å². The van der Waals surface area contributed by atoms with Gasteiger partial charge in [-0.1, -0.05) is 13.0 Å². The third-order valence-corrected chi connectivity index (χ3v) is 3.54. The van der Waals surface area contributed by atoms with Gasteiger partial charge in [-0.25, -0.2) is 9.78 Å². The molecule has 0 saturated heterocycles. The number of carboxylic acid groups (broad SMARTS) is 1. The first-order valence-electron chi connectivity index (χ1n) is 5.76. The van der Waals surface area contributed by atoms with Gasteiger partial charge in [0.05, 0.1) is 17.4 Å². The molecule has 17 heavy (non-hydrogen) atoms. The molecule has 4 heteroatoms. The van der Waals surface area contributed by atoms with Crippen molar-refractivity contribution in [2.24, 2.45) is 5.41 Å². The minimum absolute atomic E-state index is 0.280. The number of fused-ring (bicyclic) bond motifs is 1. The maximum absolute atomic E-state index is 11.1. The molecule has 0 bridgehead atoms. The second-order valence-corrected chi connectivity index (χ2v) is 5.16. The summed E-state index contributed by atoms with van der Waals surface area (Å²) in [6.07, 6.45) is 4.23. The normalized spacial score (nSPS) is 17.2. The summed E-state index contributed by atoms with van der Waals surface area (Å²) in [4.78, 5) is 15.3. The average molecular weight is 230 g/mol. The van der Waals surface area contributed by atoms with Gasteiger partial charge in [-0.15, -0.1) is 0 Å². The number of carboxylic acids is 1. The molecule has 1 heterocycles. The maximum atomic E-state index is 11.1. The van der Waals surface area contributed by atoms with Crippen LogP contribution in [-0.4, -0.2) is 20.6 Å². The van der Waals surface area contributed by atoms with Gasteiger partial charge in [-0.2, -0.15) is 0 Å².